The van der Waals surface area contributed by atoms with Crippen LogP contribution >= 0.6 is 23.4 Å². The van der Waals surface area contributed by atoms with Crippen molar-refractivity contribution in [1.82, 2.24) is 0 Å². The highest BCUT2D eigenvalue weighted by molar-refractivity contribution is 8.00. The Bertz CT molecular complexity index is 357. The monoisotopic (exact) mass is 245 g/mol. The maximum Gasteiger partial charge on any atom is 0.315 e. The molecule has 0 saturated carbocycles. The number of hydrogen-bond donors (Lipinski definition) is 1. The summed E-state index contributed by atoms with van der Waals surface area (Å²) in [5.74, 6) is 0.00654. The number of thioether (sulfide) groups is 1. The lowest BCUT2D eigenvalue weighted by molar-refractivity contribution is -0.137. The summed E-state index contributed by atoms with van der Waals surface area (Å²) in [6, 6.07) is 5.45. The highest BCUT2D eigenvalue weighted by Crippen LogP contribution is 2.26. The van der Waals surface area contributed by atoms with Gasteiger partial charge in [0.1, 0.15) is 0 Å². The Morgan fingerprint density at radius 1 is 1.60 bits per heavy atom. The summed E-state index contributed by atoms with van der Waals surface area (Å²) < 4.78 is 4.55. The first kappa shape index (κ1) is 12.4. The van der Waals surface area contributed by atoms with Crippen molar-refractivity contribution in [3.63, 3.8) is 0 Å². The lowest BCUT2D eigenvalue weighted by atomic mass is 10.2. The Morgan fingerprint density at radius 2 is 2.33 bits per heavy atom. The molecule has 0 heterocycles. The largest absolute Gasteiger partial charge is 0.468 e. The van der Waals surface area contributed by atoms with E-state index in [1.165, 1.54) is 18.9 Å². The molecule has 0 aliphatic heterocycles. The van der Waals surface area contributed by atoms with E-state index >= 15 is 0 Å². The number of halogens is 1. The number of carbonyl (C=O) groups is 1. The van der Waals surface area contributed by atoms with Gasteiger partial charge >= 0.3 is 5.97 Å². The van der Waals surface area contributed by atoms with Gasteiger partial charge in [0.25, 0.3) is 0 Å². The van der Waals surface area contributed by atoms with E-state index in [1.807, 2.05) is 6.07 Å². The van der Waals surface area contributed by atoms with Crippen LogP contribution in [0.25, 0.3) is 0 Å². The van der Waals surface area contributed by atoms with Gasteiger partial charge < -0.3 is 10.5 Å². The molecule has 0 saturated heterocycles. The zero-order valence-corrected chi connectivity index (χ0v) is 9.90. The smallest absolute Gasteiger partial charge is 0.315 e. The second-order valence-electron chi connectivity index (χ2n) is 2.82. The molecule has 15 heavy (non-hydrogen) atoms. The quantitative estimate of drug-likeness (QED) is 0.652. The second-order valence-corrected chi connectivity index (χ2v) is 4.27. The van der Waals surface area contributed by atoms with Gasteiger partial charge in [-0.25, -0.2) is 0 Å². The summed E-state index contributed by atoms with van der Waals surface area (Å²) in [6.07, 6.45) is 0. The average molecular weight is 246 g/mol. The molecule has 82 valence electrons. The highest BCUT2D eigenvalue weighted by atomic mass is 35.5. The van der Waals surface area contributed by atoms with E-state index in [0.29, 0.717) is 11.6 Å². The standard InChI is InChI=1S/C10H12ClNO2S/c1-14-10(13)6-15-9-4-8(11)3-2-7(9)5-12/h2-4H,5-6,12H2,1H3. The minimum atomic E-state index is -0.261. The molecule has 0 spiro atoms. The van der Waals surface area contributed by atoms with Gasteiger partial charge in [-0.05, 0) is 17.7 Å². The predicted octanol–water partition coefficient (Wildman–Crippen LogP) is 2.06. The molecule has 0 aliphatic rings. The maximum absolute atomic E-state index is 11.0. The molecule has 5 heteroatoms. The van der Waals surface area contributed by atoms with E-state index in [2.05, 4.69) is 4.74 Å². The molecule has 0 aliphatic carbocycles. The van der Waals surface area contributed by atoms with Crippen LogP contribution in [0.2, 0.25) is 5.02 Å². The first-order chi connectivity index (χ1) is 7.17. The molecule has 0 bridgehead atoms. The molecular weight excluding hydrogens is 234 g/mol. The number of hydrogen-bond acceptors (Lipinski definition) is 4. The molecule has 0 radical (unpaired) electrons. The summed E-state index contributed by atoms with van der Waals surface area (Å²) >= 11 is 7.23. The van der Waals surface area contributed by atoms with E-state index < -0.39 is 0 Å². The SMILES string of the molecule is COC(=O)CSc1cc(Cl)ccc1CN. The molecule has 1 rings (SSSR count). The molecular formula is C10H12ClNO2S. The fraction of sp³-hybridized carbons (Fsp3) is 0.300. The van der Waals surface area contributed by atoms with Crippen LogP contribution in [0.1, 0.15) is 5.56 Å². The van der Waals surface area contributed by atoms with E-state index in [4.69, 9.17) is 17.3 Å². The summed E-state index contributed by atoms with van der Waals surface area (Å²) in [6.45, 7) is 0.431. The molecule has 1 aromatic carbocycles. The molecule has 3 nitrogen and oxygen atoms in total. The number of esters is 1. The minimum absolute atomic E-state index is 0.261. The van der Waals surface area contributed by atoms with Crippen molar-refractivity contribution < 1.29 is 9.53 Å². The van der Waals surface area contributed by atoms with Gasteiger partial charge in [-0.1, -0.05) is 17.7 Å². The van der Waals surface area contributed by atoms with Crippen LogP contribution < -0.4 is 5.73 Å². The van der Waals surface area contributed by atoms with Crippen LogP contribution in [-0.4, -0.2) is 18.8 Å². The minimum Gasteiger partial charge on any atom is -0.468 e. The fourth-order valence-electron chi connectivity index (χ4n) is 1.03. The fourth-order valence-corrected chi connectivity index (χ4v) is 2.20. The van der Waals surface area contributed by atoms with Gasteiger partial charge in [0.15, 0.2) is 0 Å². The maximum atomic E-state index is 11.0. The van der Waals surface area contributed by atoms with Crippen molar-refractivity contribution >= 4 is 29.3 Å². The van der Waals surface area contributed by atoms with Crippen molar-refractivity contribution in [2.45, 2.75) is 11.4 Å². The zero-order valence-electron chi connectivity index (χ0n) is 8.33. The van der Waals surface area contributed by atoms with Crippen LogP contribution in [-0.2, 0) is 16.1 Å². The Morgan fingerprint density at radius 3 is 2.93 bits per heavy atom. The van der Waals surface area contributed by atoms with E-state index in [1.54, 1.807) is 12.1 Å². The first-order valence-corrected chi connectivity index (χ1v) is 5.72. The summed E-state index contributed by atoms with van der Waals surface area (Å²) in [5.41, 5.74) is 6.55. The van der Waals surface area contributed by atoms with Gasteiger partial charge in [-0.2, -0.15) is 0 Å². The molecule has 0 unspecified atom stereocenters. The normalized spacial score (nSPS) is 10.1. The van der Waals surface area contributed by atoms with Gasteiger partial charge in [0, 0.05) is 16.5 Å². The number of methoxy groups -OCH3 is 1. The number of carbonyl (C=O) groups excluding carboxylic acids is 1. The van der Waals surface area contributed by atoms with Crippen molar-refractivity contribution in [2.75, 3.05) is 12.9 Å². The van der Waals surface area contributed by atoms with E-state index in [-0.39, 0.29) is 11.7 Å². The Balaban J connectivity index is 2.74. The highest BCUT2D eigenvalue weighted by Gasteiger charge is 2.06. The summed E-state index contributed by atoms with van der Waals surface area (Å²) in [5, 5.41) is 0.638. The van der Waals surface area contributed by atoms with Gasteiger partial charge in [0.05, 0.1) is 12.9 Å². The van der Waals surface area contributed by atoms with Crippen molar-refractivity contribution in [3.05, 3.63) is 28.8 Å². The third-order valence-corrected chi connectivity index (χ3v) is 3.13. The van der Waals surface area contributed by atoms with Crippen LogP contribution in [0.5, 0.6) is 0 Å². The van der Waals surface area contributed by atoms with Crippen molar-refractivity contribution in [2.24, 2.45) is 5.73 Å². The van der Waals surface area contributed by atoms with Gasteiger partial charge in [0.2, 0.25) is 0 Å². The topological polar surface area (TPSA) is 52.3 Å². The van der Waals surface area contributed by atoms with Gasteiger partial charge in [-0.3, -0.25) is 4.79 Å². The number of nitrogens with two attached hydrogens (primary N) is 1. The second kappa shape index (κ2) is 6.00. The molecule has 1 aromatic rings. The van der Waals surface area contributed by atoms with E-state index in [0.717, 1.165) is 10.5 Å². The molecule has 2 N–H and O–H groups in total. The van der Waals surface area contributed by atoms with E-state index in [9.17, 15) is 4.79 Å². The van der Waals surface area contributed by atoms with Crippen LogP contribution in [0.15, 0.2) is 23.1 Å². The average Bonchev–Trinajstić information content (AvgIpc) is 2.26. The third-order valence-electron chi connectivity index (χ3n) is 1.82. The predicted molar refractivity (Wildman–Crippen MR) is 62.1 cm³/mol. The van der Waals surface area contributed by atoms with Crippen LogP contribution in [0, 0.1) is 0 Å². The number of rotatable bonds is 4. The number of benzene rings is 1. The summed E-state index contributed by atoms with van der Waals surface area (Å²) in [7, 11) is 1.37. The van der Waals surface area contributed by atoms with Gasteiger partial charge in [-0.15, -0.1) is 11.8 Å². The molecule has 0 aromatic heterocycles. The lowest BCUT2D eigenvalue weighted by Crippen LogP contribution is -2.04. The Hall–Kier alpha value is -0.710. The molecule has 0 amide bonds. The number of ether oxygens (including phenoxy) is 1. The zero-order chi connectivity index (χ0) is 11.3. The Kier molecular flexibility index (Phi) is 4.94. The molecule has 0 fully saturated rings. The molecule has 0 atom stereocenters. The van der Waals surface area contributed by atoms with Crippen molar-refractivity contribution in [1.29, 1.82) is 0 Å². The Labute approximate surface area is 97.9 Å². The van der Waals surface area contributed by atoms with Crippen molar-refractivity contribution in [3.8, 4) is 0 Å². The third kappa shape index (κ3) is 3.74. The van der Waals surface area contributed by atoms with Crippen LogP contribution in [0.4, 0.5) is 0 Å². The van der Waals surface area contributed by atoms with Crippen LogP contribution in [0.3, 0.4) is 0 Å². The first-order valence-electron chi connectivity index (χ1n) is 4.35. The lowest BCUT2D eigenvalue weighted by Gasteiger charge is -2.06. The summed E-state index contributed by atoms with van der Waals surface area (Å²) in [4.78, 5) is 11.9.